The van der Waals surface area contributed by atoms with Crippen molar-refractivity contribution in [3.63, 3.8) is 0 Å². The van der Waals surface area contributed by atoms with Crippen molar-refractivity contribution in [1.29, 1.82) is 0 Å². The van der Waals surface area contributed by atoms with Crippen molar-refractivity contribution >= 4 is 15.9 Å². The van der Waals surface area contributed by atoms with E-state index in [4.69, 9.17) is 6.42 Å². The monoisotopic (exact) mass is 255 g/mol. The molecular formula is C11H11BrFN. The van der Waals surface area contributed by atoms with Crippen LogP contribution in [0.15, 0.2) is 22.7 Å². The van der Waals surface area contributed by atoms with Crippen LogP contribution in [0.5, 0.6) is 0 Å². The van der Waals surface area contributed by atoms with E-state index in [9.17, 15) is 4.39 Å². The average molecular weight is 256 g/mol. The van der Waals surface area contributed by atoms with Gasteiger partial charge in [-0.25, -0.2) is 4.39 Å². The summed E-state index contributed by atoms with van der Waals surface area (Å²) in [6, 6.07) is 5.07. The van der Waals surface area contributed by atoms with Gasteiger partial charge in [0, 0.05) is 18.0 Å². The van der Waals surface area contributed by atoms with Crippen LogP contribution in [-0.4, -0.2) is 7.05 Å². The highest BCUT2D eigenvalue weighted by Crippen LogP contribution is 2.25. The second-order valence-electron chi connectivity index (χ2n) is 2.89. The van der Waals surface area contributed by atoms with Gasteiger partial charge in [0.1, 0.15) is 5.82 Å². The lowest BCUT2D eigenvalue weighted by Gasteiger charge is -2.14. The molecule has 1 unspecified atom stereocenters. The summed E-state index contributed by atoms with van der Waals surface area (Å²) in [6.45, 7) is 0. The zero-order valence-electron chi connectivity index (χ0n) is 7.85. The quantitative estimate of drug-likeness (QED) is 0.820. The van der Waals surface area contributed by atoms with Crippen molar-refractivity contribution < 1.29 is 4.39 Å². The number of hydrogen-bond donors (Lipinski definition) is 1. The van der Waals surface area contributed by atoms with E-state index in [0.29, 0.717) is 16.5 Å². The molecule has 74 valence electrons. The Bertz CT molecular complexity index is 357. The Kier molecular flexibility index (Phi) is 4.12. The maximum Gasteiger partial charge on any atom is 0.142 e. The van der Waals surface area contributed by atoms with Crippen LogP contribution < -0.4 is 5.32 Å². The number of rotatable bonds is 3. The Labute approximate surface area is 91.8 Å². The SMILES string of the molecule is C#CCC(NC)c1cccc(Br)c1F. The van der Waals surface area contributed by atoms with E-state index in [0.717, 1.165) is 0 Å². The van der Waals surface area contributed by atoms with Gasteiger partial charge < -0.3 is 5.32 Å². The molecule has 0 aromatic heterocycles. The molecule has 0 radical (unpaired) electrons. The van der Waals surface area contributed by atoms with E-state index in [1.807, 2.05) is 0 Å². The highest BCUT2D eigenvalue weighted by molar-refractivity contribution is 9.10. The third-order valence-electron chi connectivity index (χ3n) is 2.03. The molecular weight excluding hydrogens is 245 g/mol. The molecule has 1 aromatic carbocycles. The molecule has 0 aliphatic rings. The minimum atomic E-state index is -0.248. The summed E-state index contributed by atoms with van der Waals surface area (Å²) in [5.74, 6) is 2.27. The van der Waals surface area contributed by atoms with Crippen LogP contribution in [0.4, 0.5) is 4.39 Å². The van der Waals surface area contributed by atoms with Gasteiger partial charge in [-0.1, -0.05) is 12.1 Å². The molecule has 1 nitrogen and oxygen atoms in total. The zero-order chi connectivity index (χ0) is 10.6. The molecule has 1 aromatic rings. The van der Waals surface area contributed by atoms with Gasteiger partial charge in [0.2, 0.25) is 0 Å². The van der Waals surface area contributed by atoms with E-state index in [1.165, 1.54) is 0 Å². The lowest BCUT2D eigenvalue weighted by molar-refractivity contribution is 0.540. The van der Waals surface area contributed by atoms with E-state index in [1.54, 1.807) is 25.2 Å². The molecule has 1 atom stereocenters. The van der Waals surface area contributed by atoms with E-state index >= 15 is 0 Å². The molecule has 0 fully saturated rings. The standard InChI is InChI=1S/C11H11BrFN/c1-3-5-10(14-2)8-6-4-7-9(12)11(8)13/h1,4,6-7,10,14H,5H2,2H3. The smallest absolute Gasteiger partial charge is 0.142 e. The topological polar surface area (TPSA) is 12.0 Å². The van der Waals surface area contributed by atoms with Gasteiger partial charge in [-0.05, 0) is 29.0 Å². The molecule has 1 rings (SSSR count). The van der Waals surface area contributed by atoms with E-state index in [-0.39, 0.29) is 11.9 Å². The Morgan fingerprint density at radius 2 is 2.36 bits per heavy atom. The Balaban J connectivity index is 3.05. The van der Waals surface area contributed by atoms with Crippen molar-refractivity contribution in [1.82, 2.24) is 5.32 Å². The summed E-state index contributed by atoms with van der Waals surface area (Å²) >= 11 is 3.14. The third-order valence-corrected chi connectivity index (χ3v) is 2.64. The molecule has 0 spiro atoms. The minimum absolute atomic E-state index is 0.127. The maximum atomic E-state index is 13.6. The van der Waals surface area contributed by atoms with Crippen molar-refractivity contribution in [3.05, 3.63) is 34.1 Å². The molecule has 0 heterocycles. The van der Waals surface area contributed by atoms with Gasteiger partial charge in [-0.15, -0.1) is 12.3 Å². The fourth-order valence-electron chi connectivity index (χ4n) is 1.27. The first kappa shape index (κ1) is 11.2. The predicted octanol–water partition coefficient (Wildman–Crippen LogP) is 2.87. The molecule has 3 heteroatoms. The summed E-state index contributed by atoms with van der Waals surface area (Å²) in [5.41, 5.74) is 0.597. The zero-order valence-corrected chi connectivity index (χ0v) is 9.44. The first-order valence-corrected chi connectivity index (χ1v) is 5.04. The Hall–Kier alpha value is -0.850. The molecule has 1 N–H and O–H groups in total. The van der Waals surface area contributed by atoms with Crippen molar-refractivity contribution in [2.45, 2.75) is 12.5 Å². The van der Waals surface area contributed by atoms with Gasteiger partial charge in [0.25, 0.3) is 0 Å². The third kappa shape index (κ3) is 2.34. The van der Waals surface area contributed by atoms with Crippen molar-refractivity contribution in [3.8, 4) is 12.3 Å². The number of hydrogen-bond acceptors (Lipinski definition) is 1. The summed E-state index contributed by atoms with van der Waals surface area (Å²) in [5, 5.41) is 2.98. The van der Waals surface area contributed by atoms with Crippen molar-refractivity contribution in [2.24, 2.45) is 0 Å². The minimum Gasteiger partial charge on any atom is -0.312 e. The van der Waals surface area contributed by atoms with Gasteiger partial charge in [-0.2, -0.15) is 0 Å². The van der Waals surface area contributed by atoms with Crippen LogP contribution in [0, 0.1) is 18.2 Å². The van der Waals surface area contributed by atoms with E-state index in [2.05, 4.69) is 27.2 Å². The number of benzene rings is 1. The van der Waals surface area contributed by atoms with Crippen LogP contribution in [0.3, 0.4) is 0 Å². The number of halogens is 2. The first-order valence-electron chi connectivity index (χ1n) is 4.25. The lowest BCUT2D eigenvalue weighted by atomic mass is 10.0. The van der Waals surface area contributed by atoms with E-state index < -0.39 is 0 Å². The Morgan fingerprint density at radius 3 is 2.93 bits per heavy atom. The van der Waals surface area contributed by atoms with Gasteiger partial charge in [-0.3, -0.25) is 0 Å². The molecule has 0 amide bonds. The normalized spacial score (nSPS) is 12.1. The van der Waals surface area contributed by atoms with Crippen molar-refractivity contribution in [2.75, 3.05) is 7.05 Å². The van der Waals surface area contributed by atoms with Crippen LogP contribution >= 0.6 is 15.9 Å². The van der Waals surface area contributed by atoms with Crippen LogP contribution in [0.2, 0.25) is 0 Å². The van der Waals surface area contributed by atoms with Gasteiger partial charge in [0.15, 0.2) is 0 Å². The fourth-order valence-corrected chi connectivity index (χ4v) is 1.66. The summed E-state index contributed by atoms with van der Waals surface area (Å²) < 4.78 is 14.1. The van der Waals surface area contributed by atoms with Crippen LogP contribution in [0.25, 0.3) is 0 Å². The molecule has 0 saturated carbocycles. The van der Waals surface area contributed by atoms with Crippen LogP contribution in [0.1, 0.15) is 18.0 Å². The second-order valence-corrected chi connectivity index (χ2v) is 3.75. The van der Waals surface area contributed by atoms with Gasteiger partial charge >= 0.3 is 0 Å². The highest BCUT2D eigenvalue weighted by Gasteiger charge is 2.14. The second kappa shape index (κ2) is 5.14. The number of nitrogens with one attached hydrogen (secondary N) is 1. The summed E-state index contributed by atoms with van der Waals surface area (Å²) in [4.78, 5) is 0. The Morgan fingerprint density at radius 1 is 1.64 bits per heavy atom. The average Bonchev–Trinajstić information content (AvgIpc) is 2.19. The first-order chi connectivity index (χ1) is 6.70. The predicted molar refractivity (Wildman–Crippen MR) is 59.4 cm³/mol. The summed E-state index contributed by atoms with van der Waals surface area (Å²) in [7, 11) is 1.77. The molecule has 14 heavy (non-hydrogen) atoms. The molecule has 0 aliphatic carbocycles. The van der Waals surface area contributed by atoms with Gasteiger partial charge in [0.05, 0.1) is 4.47 Å². The van der Waals surface area contributed by atoms with Crippen LogP contribution in [-0.2, 0) is 0 Å². The molecule has 0 aliphatic heterocycles. The summed E-state index contributed by atoms with van der Waals surface area (Å²) in [6.07, 6.45) is 5.68. The maximum absolute atomic E-state index is 13.6. The fraction of sp³-hybridized carbons (Fsp3) is 0.273. The molecule has 0 saturated heterocycles. The molecule has 0 bridgehead atoms. The largest absolute Gasteiger partial charge is 0.312 e. The lowest BCUT2D eigenvalue weighted by Crippen LogP contribution is -2.17. The highest BCUT2D eigenvalue weighted by atomic mass is 79.9. The number of terminal acetylenes is 1.